The largest absolute Gasteiger partial charge is 0.505 e. The van der Waals surface area contributed by atoms with Gasteiger partial charge in [0.05, 0.1) is 5.69 Å². The van der Waals surface area contributed by atoms with Crippen molar-refractivity contribution < 1.29 is 40.1 Å². The minimum atomic E-state index is -0.782. The molecule has 2 rings (SSSR count). The standard InChI is InChI=1S/C15H13FN2O3.Pt/c1-9(19)21-12-4-2-11(3-5-12)18-8-10-6-15(20)13(16)7-14(10)17;/h2-8,20H,17H2,1H3;. The van der Waals surface area contributed by atoms with Gasteiger partial charge in [0.25, 0.3) is 0 Å². The van der Waals surface area contributed by atoms with Crippen LogP contribution in [0.25, 0.3) is 0 Å². The molecule has 0 unspecified atom stereocenters. The van der Waals surface area contributed by atoms with E-state index in [1.54, 1.807) is 24.3 Å². The molecule has 118 valence electrons. The second-order valence-electron chi connectivity index (χ2n) is 4.28. The number of hydrogen-bond acceptors (Lipinski definition) is 5. The van der Waals surface area contributed by atoms with Gasteiger partial charge in [-0.05, 0) is 30.3 Å². The molecule has 0 aliphatic carbocycles. The second kappa shape index (κ2) is 7.71. The normalized spacial score (nSPS) is 10.3. The maximum atomic E-state index is 13.1. The van der Waals surface area contributed by atoms with Gasteiger partial charge in [-0.2, -0.15) is 0 Å². The number of phenolic OH excluding ortho intramolecular Hbond substituents is 1. The predicted octanol–water partition coefficient (Wildman–Crippen LogP) is 2.79. The Morgan fingerprint density at radius 1 is 1.32 bits per heavy atom. The first-order chi connectivity index (χ1) is 9.95. The summed E-state index contributed by atoms with van der Waals surface area (Å²) in [5, 5.41) is 9.30. The van der Waals surface area contributed by atoms with Crippen LogP contribution in [0.15, 0.2) is 41.4 Å². The summed E-state index contributed by atoms with van der Waals surface area (Å²) in [5.41, 5.74) is 6.80. The smallest absolute Gasteiger partial charge is 0.308 e. The van der Waals surface area contributed by atoms with E-state index in [1.165, 1.54) is 19.2 Å². The Kier molecular flexibility index (Phi) is 6.25. The molecular formula is C15H13FN2O3Pt. The average Bonchev–Trinajstić information content (AvgIpc) is 2.42. The summed E-state index contributed by atoms with van der Waals surface area (Å²) in [6.07, 6.45) is 1.41. The summed E-state index contributed by atoms with van der Waals surface area (Å²) in [7, 11) is 0. The number of anilines is 1. The number of aliphatic imine (C=N–C) groups is 1. The Labute approximate surface area is 140 Å². The van der Waals surface area contributed by atoms with Gasteiger partial charge in [0, 0.05) is 51.5 Å². The molecule has 5 nitrogen and oxygen atoms in total. The number of nitrogens with two attached hydrogens (primary N) is 1. The van der Waals surface area contributed by atoms with Gasteiger partial charge in [0.15, 0.2) is 11.6 Å². The van der Waals surface area contributed by atoms with Crippen LogP contribution in [0.5, 0.6) is 11.5 Å². The van der Waals surface area contributed by atoms with Crippen LogP contribution in [0.3, 0.4) is 0 Å². The van der Waals surface area contributed by atoms with Crippen LogP contribution in [0.1, 0.15) is 12.5 Å². The Morgan fingerprint density at radius 3 is 2.55 bits per heavy atom. The average molecular weight is 483 g/mol. The van der Waals surface area contributed by atoms with Gasteiger partial charge >= 0.3 is 5.97 Å². The quantitative estimate of drug-likeness (QED) is 0.231. The van der Waals surface area contributed by atoms with Crippen LogP contribution in [0, 0.1) is 5.82 Å². The number of ether oxygens (including phenoxy) is 1. The number of esters is 1. The minimum Gasteiger partial charge on any atom is -0.505 e. The predicted molar refractivity (Wildman–Crippen MR) is 77.5 cm³/mol. The fraction of sp³-hybridized carbons (Fsp3) is 0.0667. The van der Waals surface area contributed by atoms with E-state index >= 15 is 0 Å². The van der Waals surface area contributed by atoms with Gasteiger partial charge in [0.1, 0.15) is 5.75 Å². The van der Waals surface area contributed by atoms with Gasteiger partial charge in [-0.15, -0.1) is 0 Å². The first-order valence-electron chi connectivity index (χ1n) is 6.06. The Morgan fingerprint density at radius 2 is 1.95 bits per heavy atom. The summed E-state index contributed by atoms with van der Waals surface area (Å²) >= 11 is 0. The fourth-order valence-electron chi connectivity index (χ4n) is 1.62. The SMILES string of the molecule is CC(=O)Oc1ccc(N=Cc2cc(O)c(F)cc2N)cc1.[Pt]. The molecule has 0 saturated carbocycles. The van der Waals surface area contributed by atoms with Crippen molar-refractivity contribution in [1.29, 1.82) is 0 Å². The Hall–Kier alpha value is -2.20. The monoisotopic (exact) mass is 483 g/mol. The zero-order valence-corrected chi connectivity index (χ0v) is 13.8. The van der Waals surface area contributed by atoms with E-state index in [1.807, 2.05) is 0 Å². The maximum Gasteiger partial charge on any atom is 0.308 e. The van der Waals surface area contributed by atoms with Gasteiger partial charge in [-0.1, -0.05) is 0 Å². The maximum absolute atomic E-state index is 13.1. The summed E-state index contributed by atoms with van der Waals surface area (Å²) in [4.78, 5) is 14.9. The molecular weight excluding hydrogens is 470 g/mol. The van der Waals surface area contributed by atoms with Crippen LogP contribution in [0.4, 0.5) is 15.8 Å². The molecule has 0 radical (unpaired) electrons. The van der Waals surface area contributed by atoms with Crippen molar-refractivity contribution >= 4 is 23.6 Å². The van der Waals surface area contributed by atoms with Crippen LogP contribution >= 0.6 is 0 Å². The first kappa shape index (κ1) is 17.8. The number of nitrogens with zero attached hydrogens (tertiary/aromatic N) is 1. The molecule has 0 heterocycles. The third kappa shape index (κ3) is 4.67. The van der Waals surface area contributed by atoms with E-state index in [9.17, 15) is 14.3 Å². The molecule has 0 aliphatic heterocycles. The number of nitrogen functional groups attached to an aromatic ring is 1. The molecule has 22 heavy (non-hydrogen) atoms. The number of phenols is 1. The van der Waals surface area contributed by atoms with E-state index < -0.39 is 17.5 Å². The molecule has 0 aromatic heterocycles. The number of carbonyl (C=O) groups excluding carboxylic acids is 1. The molecule has 0 saturated heterocycles. The number of aromatic hydroxyl groups is 1. The van der Waals surface area contributed by atoms with Crippen LogP contribution in [-0.2, 0) is 25.9 Å². The van der Waals surface area contributed by atoms with E-state index in [-0.39, 0.29) is 26.8 Å². The topological polar surface area (TPSA) is 84.9 Å². The Bertz CT molecular complexity index is 703. The summed E-state index contributed by atoms with van der Waals surface area (Å²) in [6.45, 7) is 1.32. The van der Waals surface area contributed by atoms with Crippen LogP contribution in [-0.4, -0.2) is 17.3 Å². The van der Waals surface area contributed by atoms with E-state index in [2.05, 4.69) is 4.99 Å². The third-order valence-electron chi connectivity index (χ3n) is 2.60. The molecule has 0 spiro atoms. The number of hydrogen-bond donors (Lipinski definition) is 2. The van der Waals surface area contributed by atoms with Gasteiger partial charge in [-0.3, -0.25) is 9.79 Å². The zero-order chi connectivity index (χ0) is 15.4. The van der Waals surface area contributed by atoms with E-state index in [0.29, 0.717) is 17.0 Å². The van der Waals surface area contributed by atoms with Crippen molar-refractivity contribution in [1.82, 2.24) is 0 Å². The molecule has 0 atom stereocenters. The molecule has 2 aromatic carbocycles. The van der Waals surface area contributed by atoms with E-state index in [0.717, 1.165) is 6.07 Å². The zero-order valence-electron chi connectivity index (χ0n) is 11.5. The fourth-order valence-corrected chi connectivity index (χ4v) is 1.62. The molecule has 0 bridgehead atoms. The molecule has 0 aliphatic rings. The molecule has 7 heteroatoms. The van der Waals surface area contributed by atoms with Crippen molar-refractivity contribution in [2.45, 2.75) is 6.92 Å². The summed E-state index contributed by atoms with van der Waals surface area (Å²) in [5.74, 6) is -1.26. The van der Waals surface area contributed by atoms with Crippen LogP contribution in [0.2, 0.25) is 0 Å². The third-order valence-corrected chi connectivity index (χ3v) is 2.60. The second-order valence-corrected chi connectivity index (χ2v) is 4.28. The summed E-state index contributed by atoms with van der Waals surface area (Å²) in [6, 6.07) is 8.71. The minimum absolute atomic E-state index is 0. The number of carbonyl (C=O) groups is 1. The molecule has 0 amide bonds. The van der Waals surface area contributed by atoms with Gasteiger partial charge in [0.2, 0.25) is 0 Å². The van der Waals surface area contributed by atoms with Gasteiger partial charge in [-0.25, -0.2) is 4.39 Å². The van der Waals surface area contributed by atoms with Crippen molar-refractivity contribution in [3.8, 4) is 11.5 Å². The van der Waals surface area contributed by atoms with Crippen molar-refractivity contribution in [3.63, 3.8) is 0 Å². The van der Waals surface area contributed by atoms with Crippen molar-refractivity contribution in [2.24, 2.45) is 4.99 Å². The van der Waals surface area contributed by atoms with Crippen molar-refractivity contribution in [3.05, 3.63) is 47.8 Å². The van der Waals surface area contributed by atoms with Gasteiger partial charge < -0.3 is 15.6 Å². The Balaban J connectivity index is 0.00000242. The molecule has 0 fully saturated rings. The number of benzene rings is 2. The van der Waals surface area contributed by atoms with Crippen LogP contribution < -0.4 is 10.5 Å². The molecule has 2 aromatic rings. The number of rotatable bonds is 3. The van der Waals surface area contributed by atoms with E-state index in [4.69, 9.17) is 10.5 Å². The summed E-state index contributed by atoms with van der Waals surface area (Å²) < 4.78 is 17.9. The number of halogens is 1. The molecule has 3 N–H and O–H groups in total. The van der Waals surface area contributed by atoms with Crippen molar-refractivity contribution in [2.75, 3.05) is 5.73 Å². The first-order valence-corrected chi connectivity index (χ1v) is 6.06.